The van der Waals surface area contributed by atoms with Crippen LogP contribution in [-0.4, -0.2) is 69.3 Å². The Morgan fingerprint density at radius 2 is 1.73 bits per heavy atom. The van der Waals surface area contributed by atoms with Crippen molar-refractivity contribution in [2.24, 2.45) is 5.73 Å². The zero-order chi connectivity index (χ0) is 24.8. The second-order valence-electron chi connectivity index (χ2n) is 10.3. The molecule has 4 N–H and O–H groups in total. The zero-order valence-electron chi connectivity index (χ0n) is 20.7. The Morgan fingerprint density at radius 1 is 0.946 bits per heavy atom. The van der Waals surface area contributed by atoms with E-state index in [1.165, 1.54) is 0 Å². The SMILES string of the molecule is N[C@@H]1CCCN(c2ncc(Nc3ccc(-c4cc5c(N6[C@@H]7CC[C@H]6COC7)ncnc5[nH]4)cc3)cn2)C1. The number of H-pyrrole nitrogens is 1. The first kappa shape index (κ1) is 22.4. The molecular formula is C27H31N9O. The molecule has 2 bridgehead atoms. The summed E-state index contributed by atoms with van der Waals surface area (Å²) >= 11 is 0. The van der Waals surface area contributed by atoms with Gasteiger partial charge in [0.25, 0.3) is 0 Å². The van der Waals surface area contributed by atoms with Crippen molar-refractivity contribution in [1.29, 1.82) is 0 Å². The van der Waals surface area contributed by atoms with Gasteiger partial charge < -0.3 is 30.6 Å². The molecule has 3 saturated heterocycles. The standard InChI is InChI=1S/C27H31N9O/c28-18-2-1-9-35(13-18)27-29-11-20(12-30-27)33-19-5-3-17(4-6-19)24-10-23-25(34-24)31-16-32-26(23)36-21-7-8-22(36)15-37-14-21/h3-6,10-12,16,18,21-22,33H,1-2,7-9,13-15,28H2,(H,31,32,34)/t18-,21-,22+/m1/s1. The van der Waals surface area contributed by atoms with Gasteiger partial charge in [0.05, 0.1) is 48.8 Å². The van der Waals surface area contributed by atoms with Gasteiger partial charge in [-0.15, -0.1) is 0 Å². The number of fused-ring (bicyclic) bond motifs is 3. The fraction of sp³-hybridized carbons (Fsp3) is 0.407. The summed E-state index contributed by atoms with van der Waals surface area (Å²) in [6.07, 6.45) is 9.76. The number of anilines is 4. The van der Waals surface area contributed by atoms with E-state index in [-0.39, 0.29) is 6.04 Å². The van der Waals surface area contributed by atoms with Crippen LogP contribution in [-0.2, 0) is 4.74 Å². The minimum atomic E-state index is 0.194. The number of hydrogen-bond acceptors (Lipinski definition) is 9. The maximum Gasteiger partial charge on any atom is 0.225 e. The molecule has 10 heteroatoms. The highest BCUT2D eigenvalue weighted by molar-refractivity contribution is 5.92. The number of rotatable bonds is 5. The number of piperidine rings is 1. The second-order valence-corrected chi connectivity index (χ2v) is 10.3. The third kappa shape index (κ3) is 4.25. The fourth-order valence-electron chi connectivity index (χ4n) is 5.90. The first-order valence-corrected chi connectivity index (χ1v) is 13.1. The van der Waals surface area contributed by atoms with Gasteiger partial charge in [-0.05, 0) is 49.4 Å². The minimum Gasteiger partial charge on any atom is -0.377 e. The summed E-state index contributed by atoms with van der Waals surface area (Å²) in [5.74, 6) is 1.75. The van der Waals surface area contributed by atoms with E-state index in [1.54, 1.807) is 6.33 Å². The van der Waals surface area contributed by atoms with Gasteiger partial charge in [-0.3, -0.25) is 0 Å². The van der Waals surface area contributed by atoms with Crippen molar-refractivity contribution in [2.45, 2.75) is 43.8 Å². The third-order valence-electron chi connectivity index (χ3n) is 7.75. The van der Waals surface area contributed by atoms with Crippen molar-refractivity contribution in [3.8, 4) is 11.3 Å². The molecule has 1 aromatic carbocycles. The molecule has 0 saturated carbocycles. The molecule has 0 aliphatic carbocycles. The molecule has 0 amide bonds. The molecule has 6 heterocycles. The molecule has 0 spiro atoms. The van der Waals surface area contributed by atoms with Crippen LogP contribution in [0.5, 0.6) is 0 Å². The topological polar surface area (TPSA) is 121 Å². The predicted molar refractivity (Wildman–Crippen MR) is 144 cm³/mol. The van der Waals surface area contributed by atoms with Gasteiger partial charge in [-0.25, -0.2) is 19.9 Å². The molecule has 7 rings (SSSR count). The Bertz CT molecular complexity index is 1370. The van der Waals surface area contributed by atoms with Gasteiger partial charge in [-0.2, -0.15) is 0 Å². The second kappa shape index (κ2) is 9.28. The molecule has 3 atom stereocenters. The van der Waals surface area contributed by atoms with Crippen LogP contribution < -0.4 is 20.9 Å². The van der Waals surface area contributed by atoms with Crippen LogP contribution in [0.25, 0.3) is 22.3 Å². The largest absolute Gasteiger partial charge is 0.377 e. The van der Waals surface area contributed by atoms with Gasteiger partial charge in [0, 0.05) is 30.5 Å². The summed E-state index contributed by atoms with van der Waals surface area (Å²) in [6, 6.07) is 11.5. The highest BCUT2D eigenvalue weighted by Gasteiger charge is 2.39. The number of morpholine rings is 1. The lowest BCUT2D eigenvalue weighted by molar-refractivity contribution is 0.0904. The quantitative estimate of drug-likeness (QED) is 0.381. The van der Waals surface area contributed by atoms with E-state index in [0.717, 1.165) is 97.4 Å². The van der Waals surface area contributed by atoms with Crippen molar-refractivity contribution >= 4 is 34.2 Å². The van der Waals surface area contributed by atoms with Gasteiger partial charge in [0.15, 0.2) is 0 Å². The Balaban J connectivity index is 1.08. The van der Waals surface area contributed by atoms with Gasteiger partial charge >= 0.3 is 0 Å². The van der Waals surface area contributed by atoms with Crippen molar-refractivity contribution in [3.63, 3.8) is 0 Å². The van der Waals surface area contributed by atoms with Gasteiger partial charge in [0.1, 0.15) is 17.8 Å². The average Bonchev–Trinajstić information content (AvgIpc) is 3.47. The summed E-state index contributed by atoms with van der Waals surface area (Å²) in [5.41, 5.74) is 10.9. The molecule has 4 aromatic rings. The van der Waals surface area contributed by atoms with Crippen molar-refractivity contribution in [3.05, 3.63) is 49.1 Å². The van der Waals surface area contributed by atoms with Crippen molar-refractivity contribution in [2.75, 3.05) is 41.4 Å². The third-order valence-corrected chi connectivity index (χ3v) is 7.75. The van der Waals surface area contributed by atoms with Gasteiger partial charge in [-0.1, -0.05) is 12.1 Å². The van der Waals surface area contributed by atoms with Crippen molar-refractivity contribution < 1.29 is 4.74 Å². The molecule has 3 aliphatic rings. The predicted octanol–water partition coefficient (Wildman–Crippen LogP) is 3.45. The van der Waals surface area contributed by atoms with Crippen LogP contribution in [0.15, 0.2) is 49.1 Å². The number of aromatic nitrogens is 5. The number of nitrogens with one attached hydrogen (secondary N) is 2. The van der Waals surface area contributed by atoms with E-state index in [0.29, 0.717) is 12.1 Å². The average molecular weight is 498 g/mol. The smallest absolute Gasteiger partial charge is 0.225 e. The molecule has 3 aliphatic heterocycles. The summed E-state index contributed by atoms with van der Waals surface area (Å²) < 4.78 is 5.77. The molecule has 3 aromatic heterocycles. The van der Waals surface area contributed by atoms with Crippen LogP contribution >= 0.6 is 0 Å². The first-order valence-electron chi connectivity index (χ1n) is 13.1. The van der Waals surface area contributed by atoms with Crippen LogP contribution in [0.2, 0.25) is 0 Å². The lowest BCUT2D eigenvalue weighted by atomic mass is 10.1. The lowest BCUT2D eigenvalue weighted by Gasteiger charge is -2.35. The maximum absolute atomic E-state index is 6.10. The number of nitrogens with two attached hydrogens (primary N) is 1. The Kier molecular flexibility index (Phi) is 5.63. The van der Waals surface area contributed by atoms with E-state index in [2.05, 4.69) is 70.4 Å². The Morgan fingerprint density at radius 3 is 2.49 bits per heavy atom. The molecule has 0 radical (unpaired) electrons. The summed E-state index contributed by atoms with van der Waals surface area (Å²) in [5, 5.41) is 4.46. The summed E-state index contributed by atoms with van der Waals surface area (Å²) in [7, 11) is 0. The summed E-state index contributed by atoms with van der Waals surface area (Å²) in [4.78, 5) is 26.4. The summed E-state index contributed by atoms with van der Waals surface area (Å²) in [6.45, 7) is 3.31. The number of hydrogen-bond donors (Lipinski definition) is 3. The van der Waals surface area contributed by atoms with E-state index in [1.807, 2.05) is 12.4 Å². The normalized spacial score (nSPS) is 23.5. The Hall–Kier alpha value is -3.76. The zero-order valence-corrected chi connectivity index (χ0v) is 20.7. The highest BCUT2D eigenvalue weighted by atomic mass is 16.5. The van der Waals surface area contributed by atoms with Crippen LogP contribution in [0.3, 0.4) is 0 Å². The van der Waals surface area contributed by atoms with Crippen LogP contribution in [0, 0.1) is 0 Å². The molecule has 190 valence electrons. The number of nitrogens with zero attached hydrogens (tertiary/aromatic N) is 6. The molecule has 3 fully saturated rings. The first-order chi connectivity index (χ1) is 18.2. The molecular weight excluding hydrogens is 466 g/mol. The monoisotopic (exact) mass is 497 g/mol. The van der Waals surface area contributed by atoms with Crippen molar-refractivity contribution in [1.82, 2.24) is 24.9 Å². The van der Waals surface area contributed by atoms with E-state index in [9.17, 15) is 0 Å². The molecule has 10 nitrogen and oxygen atoms in total. The van der Waals surface area contributed by atoms with Crippen LogP contribution in [0.4, 0.5) is 23.1 Å². The number of aromatic amines is 1. The van der Waals surface area contributed by atoms with E-state index >= 15 is 0 Å². The maximum atomic E-state index is 6.10. The molecule has 37 heavy (non-hydrogen) atoms. The number of ether oxygens (including phenoxy) is 1. The van der Waals surface area contributed by atoms with Gasteiger partial charge in [0.2, 0.25) is 5.95 Å². The highest BCUT2D eigenvalue weighted by Crippen LogP contribution is 2.37. The molecule has 0 unspecified atom stereocenters. The lowest BCUT2D eigenvalue weighted by Crippen LogP contribution is -2.46. The number of benzene rings is 1. The van der Waals surface area contributed by atoms with E-state index in [4.69, 9.17) is 10.5 Å². The minimum absolute atomic E-state index is 0.194. The van der Waals surface area contributed by atoms with Crippen LogP contribution in [0.1, 0.15) is 25.7 Å². The Labute approximate surface area is 215 Å². The fourth-order valence-corrected chi connectivity index (χ4v) is 5.90. The van der Waals surface area contributed by atoms with E-state index < -0.39 is 0 Å².